The molecule has 0 saturated carbocycles. The van der Waals surface area contributed by atoms with Crippen molar-refractivity contribution in [1.82, 2.24) is 20.1 Å². The number of ether oxygens (including phenoxy) is 2. The van der Waals surface area contributed by atoms with Gasteiger partial charge in [0.2, 0.25) is 0 Å². The molecule has 35 heavy (non-hydrogen) atoms. The summed E-state index contributed by atoms with van der Waals surface area (Å²) in [5, 5.41) is 12.0. The molecule has 184 valence electrons. The molecule has 1 saturated heterocycles. The van der Waals surface area contributed by atoms with Gasteiger partial charge in [-0.15, -0.1) is 0 Å². The number of nitrogens with zero attached hydrogens (tertiary/aromatic N) is 6. The zero-order chi connectivity index (χ0) is 24.5. The zero-order valence-corrected chi connectivity index (χ0v) is 20.5. The molecule has 2 aromatic heterocycles. The van der Waals surface area contributed by atoms with E-state index in [9.17, 15) is 4.79 Å². The predicted molar refractivity (Wildman–Crippen MR) is 131 cm³/mol. The molecule has 0 radical (unpaired) electrons. The van der Waals surface area contributed by atoms with Crippen molar-refractivity contribution in [3.8, 4) is 5.88 Å². The summed E-state index contributed by atoms with van der Waals surface area (Å²) in [6.07, 6.45) is 6.75. The van der Waals surface area contributed by atoms with Crippen LogP contribution >= 0.6 is 0 Å². The van der Waals surface area contributed by atoms with Crippen LogP contribution in [0.1, 0.15) is 23.7 Å². The molecule has 5 rings (SSSR count). The molecule has 0 bridgehead atoms. The maximum absolute atomic E-state index is 13.4. The molecule has 4 heterocycles. The van der Waals surface area contributed by atoms with Crippen LogP contribution in [0.2, 0.25) is 0 Å². The minimum Gasteiger partial charge on any atom is -0.475 e. The highest BCUT2D eigenvalue weighted by atomic mass is 16.5. The number of amides is 1. The van der Waals surface area contributed by atoms with E-state index in [1.165, 1.54) is 0 Å². The number of fused-ring (bicyclic) bond motifs is 2. The summed E-state index contributed by atoms with van der Waals surface area (Å²) in [6.45, 7) is 4.97. The second kappa shape index (κ2) is 9.59. The SMILES string of the molecule is CNC1CCN(c2ccc(C(=O)Nc3c[n+]4c(c(OC)n3)=NC(C)C=4)c3nn(CCOC)cc23)C1. The molecular weight excluding hydrogens is 448 g/mol. The van der Waals surface area contributed by atoms with E-state index < -0.39 is 0 Å². The minimum atomic E-state index is -0.286. The number of rotatable bonds is 8. The molecule has 1 fully saturated rings. The second-order valence-electron chi connectivity index (χ2n) is 8.84. The van der Waals surface area contributed by atoms with Crippen LogP contribution in [0.3, 0.4) is 0 Å². The number of carbonyl (C=O) groups excluding carboxylic acids is 1. The lowest BCUT2D eigenvalue weighted by Gasteiger charge is -2.20. The fourth-order valence-electron chi connectivity index (χ4n) is 4.68. The van der Waals surface area contributed by atoms with E-state index in [2.05, 4.69) is 25.5 Å². The van der Waals surface area contributed by atoms with Gasteiger partial charge in [-0.05, 0) is 32.5 Å². The van der Waals surface area contributed by atoms with E-state index >= 15 is 0 Å². The molecule has 0 spiro atoms. The number of nitrogens with one attached hydrogen (secondary N) is 2. The summed E-state index contributed by atoms with van der Waals surface area (Å²) >= 11 is 0. The number of hydrogen-bond donors (Lipinski definition) is 2. The van der Waals surface area contributed by atoms with Gasteiger partial charge >= 0.3 is 11.4 Å². The van der Waals surface area contributed by atoms with E-state index in [4.69, 9.17) is 14.6 Å². The highest BCUT2D eigenvalue weighted by Gasteiger charge is 2.26. The standard InChI is InChI=1S/C24H30N8O3/c1-15-11-31-14-20(28-24(35-4)22(31)26-15)27-23(33)17-5-6-19(30-8-7-16(12-30)25-2)18-13-32(9-10-34-3)29-21(17)18/h5-6,11,13-16,25H,7-10,12H2,1-4H3/p+1. The van der Waals surface area contributed by atoms with Crippen LogP contribution in [-0.4, -0.2) is 73.7 Å². The lowest BCUT2D eigenvalue weighted by atomic mass is 10.1. The Labute approximate surface area is 203 Å². The first-order valence-electron chi connectivity index (χ1n) is 11.8. The van der Waals surface area contributed by atoms with Crippen molar-refractivity contribution in [3.05, 3.63) is 41.8 Å². The smallest absolute Gasteiger partial charge is 0.386 e. The Morgan fingerprint density at radius 3 is 2.91 bits per heavy atom. The topological polar surface area (TPSA) is 112 Å². The quantitative estimate of drug-likeness (QED) is 0.452. The van der Waals surface area contributed by atoms with Gasteiger partial charge in [0.25, 0.3) is 5.91 Å². The number of aromatic nitrogens is 4. The predicted octanol–water partition coefficient (Wildman–Crippen LogP) is 0.456. The summed E-state index contributed by atoms with van der Waals surface area (Å²) in [7, 11) is 5.20. The number of anilines is 2. The van der Waals surface area contributed by atoms with Gasteiger partial charge in [-0.1, -0.05) is 4.99 Å². The number of likely N-dealkylation sites (N-methyl/N-ethyl adjacent to an activating group) is 1. The van der Waals surface area contributed by atoms with Gasteiger partial charge in [-0.3, -0.25) is 9.48 Å². The number of benzene rings is 1. The Morgan fingerprint density at radius 2 is 2.17 bits per heavy atom. The van der Waals surface area contributed by atoms with Crippen LogP contribution in [-0.2, 0) is 11.3 Å². The third-order valence-corrected chi connectivity index (χ3v) is 6.46. The van der Waals surface area contributed by atoms with Crippen LogP contribution in [0, 0.1) is 6.21 Å². The van der Waals surface area contributed by atoms with E-state index in [1.807, 2.05) is 47.4 Å². The Kier molecular flexibility index (Phi) is 6.35. The van der Waals surface area contributed by atoms with E-state index in [1.54, 1.807) is 20.4 Å². The molecule has 2 aliphatic rings. The summed E-state index contributed by atoms with van der Waals surface area (Å²) in [6, 6.07) is 4.31. The average Bonchev–Trinajstić information content (AvgIpc) is 3.58. The highest BCUT2D eigenvalue weighted by molar-refractivity contribution is 6.13. The Balaban J connectivity index is 1.51. The highest BCUT2D eigenvalue weighted by Crippen LogP contribution is 2.31. The second-order valence-corrected chi connectivity index (χ2v) is 8.84. The first kappa shape index (κ1) is 23.2. The maximum Gasteiger partial charge on any atom is 0.386 e. The van der Waals surface area contributed by atoms with Crippen molar-refractivity contribution in [1.29, 1.82) is 0 Å². The lowest BCUT2D eigenvalue weighted by Crippen LogP contribution is -2.37. The molecule has 2 atom stereocenters. The molecule has 1 aromatic carbocycles. The third-order valence-electron chi connectivity index (χ3n) is 6.46. The van der Waals surface area contributed by atoms with E-state index in [-0.39, 0.29) is 11.9 Å². The van der Waals surface area contributed by atoms with Gasteiger partial charge in [0, 0.05) is 43.5 Å². The number of hydrogen-bond acceptors (Lipinski definition) is 8. The number of methoxy groups -OCH3 is 2. The number of carbonyl (C=O) groups is 1. The first-order valence-corrected chi connectivity index (χ1v) is 11.8. The van der Waals surface area contributed by atoms with Gasteiger partial charge in [-0.25, -0.2) is 0 Å². The lowest BCUT2D eigenvalue weighted by molar-refractivity contribution is -0.523. The maximum atomic E-state index is 13.4. The fourth-order valence-corrected chi connectivity index (χ4v) is 4.68. The average molecular weight is 480 g/mol. The molecule has 2 N–H and O–H groups in total. The Morgan fingerprint density at radius 1 is 1.31 bits per heavy atom. The van der Waals surface area contributed by atoms with Crippen molar-refractivity contribution in [2.45, 2.75) is 32.0 Å². The molecule has 2 aliphatic heterocycles. The summed E-state index contributed by atoms with van der Waals surface area (Å²) in [4.78, 5) is 24.7. The molecule has 0 aliphatic carbocycles. The van der Waals surface area contributed by atoms with Gasteiger partial charge in [0.05, 0.1) is 25.8 Å². The van der Waals surface area contributed by atoms with Crippen LogP contribution in [0.5, 0.6) is 5.88 Å². The van der Waals surface area contributed by atoms with Gasteiger partial charge < -0.3 is 25.0 Å². The molecule has 1 amide bonds. The van der Waals surface area contributed by atoms with Crippen LogP contribution in [0.25, 0.3) is 10.9 Å². The van der Waals surface area contributed by atoms with Crippen molar-refractivity contribution in [2.24, 2.45) is 4.99 Å². The zero-order valence-electron chi connectivity index (χ0n) is 20.5. The van der Waals surface area contributed by atoms with Crippen molar-refractivity contribution in [2.75, 3.05) is 51.2 Å². The first-order chi connectivity index (χ1) is 17.0. The Hall–Kier alpha value is -3.57. The minimum absolute atomic E-state index is 0.00739. The van der Waals surface area contributed by atoms with Crippen molar-refractivity contribution in [3.63, 3.8) is 0 Å². The van der Waals surface area contributed by atoms with Gasteiger partial charge in [0.15, 0.2) is 11.9 Å². The Bertz CT molecular complexity index is 1390. The van der Waals surface area contributed by atoms with E-state index in [0.717, 1.165) is 30.6 Å². The van der Waals surface area contributed by atoms with Crippen molar-refractivity contribution < 1.29 is 18.5 Å². The summed E-state index contributed by atoms with van der Waals surface area (Å²) in [5.74, 6) is 0.454. The molecule has 11 heteroatoms. The normalized spacial score (nSPS) is 18.9. The van der Waals surface area contributed by atoms with Gasteiger partial charge in [0.1, 0.15) is 17.9 Å². The molecule has 3 aromatic rings. The monoisotopic (exact) mass is 479 g/mol. The van der Waals surface area contributed by atoms with Crippen molar-refractivity contribution >= 4 is 28.3 Å². The van der Waals surface area contributed by atoms with Gasteiger partial charge in [-0.2, -0.15) is 14.3 Å². The van der Waals surface area contributed by atoms with Crippen LogP contribution in [0.15, 0.2) is 29.5 Å². The summed E-state index contributed by atoms with van der Waals surface area (Å²) < 4.78 is 14.3. The molecular formula is C24H31N8O3+. The molecule has 2 unspecified atom stereocenters. The largest absolute Gasteiger partial charge is 0.475 e. The third kappa shape index (κ3) is 4.44. The fraction of sp³-hybridized carbons (Fsp3) is 0.458. The summed E-state index contributed by atoms with van der Waals surface area (Å²) in [5.41, 5.74) is 2.85. The van der Waals surface area contributed by atoms with E-state index in [0.29, 0.717) is 47.5 Å². The molecule has 11 nitrogen and oxygen atoms in total. The van der Waals surface area contributed by atoms with Crippen LogP contribution < -0.4 is 30.0 Å². The van der Waals surface area contributed by atoms with Crippen LogP contribution in [0.4, 0.5) is 11.5 Å².